The molecule has 0 spiro atoms. The van der Waals surface area contributed by atoms with Crippen LogP contribution in [0, 0.1) is 16.0 Å². The summed E-state index contributed by atoms with van der Waals surface area (Å²) < 4.78 is 13.2. The van der Waals surface area contributed by atoms with Crippen LogP contribution in [0.3, 0.4) is 0 Å². The van der Waals surface area contributed by atoms with Gasteiger partial charge in [0.05, 0.1) is 29.4 Å². The largest absolute Gasteiger partial charge is 0.455 e. The van der Waals surface area contributed by atoms with E-state index in [-0.39, 0.29) is 11.4 Å². The number of nitro groups is 1. The molecule has 0 radical (unpaired) electrons. The molecular formula is C23H34N6O5. The second-order valence-electron chi connectivity index (χ2n) is 10.1. The van der Waals surface area contributed by atoms with Crippen LogP contribution in [-0.4, -0.2) is 74.4 Å². The highest BCUT2D eigenvalue weighted by Crippen LogP contribution is 2.35. The van der Waals surface area contributed by atoms with Crippen LogP contribution in [0.5, 0.6) is 0 Å². The van der Waals surface area contributed by atoms with Gasteiger partial charge in [-0.1, -0.05) is 0 Å². The highest BCUT2D eigenvalue weighted by Gasteiger charge is 2.41. The summed E-state index contributed by atoms with van der Waals surface area (Å²) in [4.78, 5) is 32.6. The molecule has 0 aromatic carbocycles. The van der Waals surface area contributed by atoms with E-state index in [2.05, 4.69) is 15.0 Å². The standard InChI is InChI=1S/C23H34N6O5/c1-6-33-22-25-19(21(30)34-23(3,4)5)20(29(31)32)15(2)27(22)12-16-11-24-28(13-16)18-14-26-9-7-17(18)8-10-26/h11,13,17-18,22H,6-10,12,14H2,1-5H3. The summed E-state index contributed by atoms with van der Waals surface area (Å²) in [6.45, 7) is 12.5. The van der Waals surface area contributed by atoms with Crippen molar-refractivity contribution in [3.63, 3.8) is 0 Å². The van der Waals surface area contributed by atoms with Crippen LogP contribution in [0.2, 0.25) is 0 Å². The molecule has 0 saturated carbocycles. The van der Waals surface area contributed by atoms with E-state index >= 15 is 0 Å². The second-order valence-corrected chi connectivity index (χ2v) is 10.1. The Morgan fingerprint density at radius 2 is 2.00 bits per heavy atom. The van der Waals surface area contributed by atoms with E-state index in [1.54, 1.807) is 38.8 Å². The van der Waals surface area contributed by atoms with Crippen LogP contribution in [0.4, 0.5) is 0 Å². The maximum atomic E-state index is 12.7. The van der Waals surface area contributed by atoms with E-state index in [0.717, 1.165) is 25.2 Å². The second kappa shape index (κ2) is 9.46. The number of hydrogen-bond donors (Lipinski definition) is 0. The molecule has 34 heavy (non-hydrogen) atoms. The zero-order chi connectivity index (χ0) is 24.6. The van der Waals surface area contributed by atoms with Gasteiger partial charge < -0.3 is 19.3 Å². The van der Waals surface area contributed by atoms with E-state index in [0.29, 0.717) is 30.8 Å². The predicted molar refractivity (Wildman–Crippen MR) is 124 cm³/mol. The van der Waals surface area contributed by atoms with Crippen LogP contribution in [0.25, 0.3) is 0 Å². The normalized spacial score (nSPS) is 27.1. The van der Waals surface area contributed by atoms with E-state index in [4.69, 9.17) is 9.47 Å². The molecule has 4 aliphatic heterocycles. The van der Waals surface area contributed by atoms with Gasteiger partial charge in [-0.2, -0.15) is 5.10 Å². The first kappa shape index (κ1) is 24.3. The van der Waals surface area contributed by atoms with Gasteiger partial charge in [0, 0.05) is 24.9 Å². The van der Waals surface area contributed by atoms with Crippen LogP contribution in [0.15, 0.2) is 28.8 Å². The third-order valence-electron chi connectivity index (χ3n) is 6.56. The predicted octanol–water partition coefficient (Wildman–Crippen LogP) is 2.58. The molecule has 5 heterocycles. The van der Waals surface area contributed by atoms with Crippen molar-refractivity contribution in [1.29, 1.82) is 0 Å². The zero-order valence-electron chi connectivity index (χ0n) is 20.6. The maximum Gasteiger partial charge on any atom is 0.364 e. The van der Waals surface area contributed by atoms with Crippen molar-refractivity contribution >= 4 is 11.7 Å². The number of allylic oxidation sites excluding steroid dienone is 1. The molecule has 3 fully saturated rings. The Morgan fingerprint density at radius 1 is 1.29 bits per heavy atom. The SMILES string of the molecule is CCOC1N=C(C(=O)OC(C)(C)C)C([N+](=O)[O-])=C(C)N1Cc1cnn(C2CN3CCC2CC3)c1. The van der Waals surface area contributed by atoms with Crippen LogP contribution < -0.4 is 0 Å². The molecule has 1 aromatic rings. The van der Waals surface area contributed by atoms with Gasteiger partial charge >= 0.3 is 11.7 Å². The molecular weight excluding hydrogens is 440 g/mol. The molecule has 4 aliphatic rings. The van der Waals surface area contributed by atoms with E-state index in [9.17, 15) is 14.9 Å². The van der Waals surface area contributed by atoms with E-state index in [1.165, 1.54) is 12.8 Å². The summed E-state index contributed by atoms with van der Waals surface area (Å²) in [6.07, 6.45) is 5.31. The average molecular weight is 475 g/mol. The van der Waals surface area contributed by atoms with Crippen molar-refractivity contribution in [2.45, 2.75) is 72.0 Å². The van der Waals surface area contributed by atoms with Crippen LogP contribution in [0.1, 0.15) is 59.1 Å². The van der Waals surface area contributed by atoms with Crippen molar-refractivity contribution in [3.05, 3.63) is 39.5 Å². The summed E-state index contributed by atoms with van der Waals surface area (Å²) in [6, 6.07) is 0.350. The number of ether oxygens (including phenoxy) is 2. The fourth-order valence-corrected chi connectivity index (χ4v) is 4.95. The highest BCUT2D eigenvalue weighted by molar-refractivity contribution is 6.42. The minimum Gasteiger partial charge on any atom is -0.455 e. The number of nitrogens with zero attached hydrogens (tertiary/aromatic N) is 6. The first-order valence-electron chi connectivity index (χ1n) is 11.9. The Kier molecular flexibility index (Phi) is 6.77. The molecule has 2 bridgehead atoms. The lowest BCUT2D eigenvalue weighted by Crippen LogP contribution is -2.48. The number of hydrogen-bond acceptors (Lipinski definition) is 9. The summed E-state index contributed by atoms with van der Waals surface area (Å²) in [5, 5.41) is 16.6. The van der Waals surface area contributed by atoms with Gasteiger partial charge in [-0.25, -0.2) is 9.79 Å². The number of carbonyl (C=O) groups is 1. The van der Waals surface area contributed by atoms with Gasteiger partial charge in [0.15, 0.2) is 0 Å². The van der Waals surface area contributed by atoms with E-state index in [1.807, 2.05) is 17.8 Å². The first-order valence-corrected chi connectivity index (χ1v) is 11.9. The Labute approximate surface area is 199 Å². The van der Waals surface area contributed by atoms with Crippen molar-refractivity contribution in [2.75, 3.05) is 26.2 Å². The number of piperidine rings is 3. The summed E-state index contributed by atoms with van der Waals surface area (Å²) in [7, 11) is 0. The van der Waals surface area contributed by atoms with Crippen molar-refractivity contribution in [1.82, 2.24) is 19.6 Å². The van der Waals surface area contributed by atoms with Gasteiger partial charge in [0.1, 0.15) is 5.60 Å². The minimum atomic E-state index is -0.878. The number of esters is 1. The molecule has 11 nitrogen and oxygen atoms in total. The quantitative estimate of drug-likeness (QED) is 0.336. The van der Waals surface area contributed by atoms with Gasteiger partial charge in [-0.05, 0) is 66.5 Å². The molecule has 11 heteroatoms. The lowest BCUT2D eigenvalue weighted by atomic mass is 9.84. The number of rotatable bonds is 7. The molecule has 3 saturated heterocycles. The Hall–Kier alpha value is -2.79. The zero-order valence-corrected chi connectivity index (χ0v) is 20.6. The molecule has 2 unspecified atom stereocenters. The monoisotopic (exact) mass is 474 g/mol. The lowest BCUT2D eigenvalue weighted by Gasteiger charge is -2.44. The molecule has 0 N–H and O–H groups in total. The molecule has 0 aliphatic carbocycles. The number of carbonyl (C=O) groups excluding carboxylic acids is 1. The number of fused-ring (bicyclic) bond motifs is 3. The van der Waals surface area contributed by atoms with Crippen molar-refractivity contribution < 1.29 is 19.2 Å². The number of aromatic nitrogens is 2. The molecule has 5 rings (SSSR count). The Morgan fingerprint density at radius 3 is 2.56 bits per heavy atom. The third-order valence-corrected chi connectivity index (χ3v) is 6.56. The van der Waals surface area contributed by atoms with Gasteiger partial charge in [0.25, 0.3) is 0 Å². The fraction of sp³-hybridized carbons (Fsp3) is 0.696. The highest BCUT2D eigenvalue weighted by atomic mass is 16.6. The lowest BCUT2D eigenvalue weighted by molar-refractivity contribution is -0.418. The van der Waals surface area contributed by atoms with Gasteiger partial charge in [-0.15, -0.1) is 0 Å². The summed E-state index contributed by atoms with van der Waals surface area (Å²) in [5.41, 5.74) is -0.295. The first-order chi connectivity index (χ1) is 16.1. The summed E-state index contributed by atoms with van der Waals surface area (Å²) in [5.74, 6) is -0.203. The minimum absolute atomic E-state index is 0.301. The Bertz CT molecular complexity index is 1000. The molecule has 2 atom stereocenters. The third kappa shape index (κ3) is 5.00. The average Bonchev–Trinajstić information content (AvgIpc) is 3.24. The smallest absolute Gasteiger partial charge is 0.364 e. The Balaban J connectivity index is 1.59. The number of aliphatic imine (C=N–C) groups is 1. The van der Waals surface area contributed by atoms with E-state index < -0.39 is 22.8 Å². The van der Waals surface area contributed by atoms with Gasteiger partial charge in [-0.3, -0.25) is 14.8 Å². The fourth-order valence-electron chi connectivity index (χ4n) is 4.95. The van der Waals surface area contributed by atoms with Crippen molar-refractivity contribution in [3.8, 4) is 0 Å². The molecule has 186 valence electrons. The maximum absolute atomic E-state index is 12.7. The van der Waals surface area contributed by atoms with Crippen LogP contribution in [-0.2, 0) is 20.8 Å². The molecule has 1 aromatic heterocycles. The topological polar surface area (TPSA) is 115 Å². The van der Waals surface area contributed by atoms with Crippen LogP contribution >= 0.6 is 0 Å². The van der Waals surface area contributed by atoms with Gasteiger partial charge in [0.2, 0.25) is 12.1 Å². The molecule has 0 amide bonds. The van der Waals surface area contributed by atoms with Crippen molar-refractivity contribution in [2.24, 2.45) is 10.9 Å². The summed E-state index contributed by atoms with van der Waals surface area (Å²) >= 11 is 0.